The highest BCUT2D eigenvalue weighted by molar-refractivity contribution is 5.76. The van der Waals surface area contributed by atoms with Gasteiger partial charge in [-0.15, -0.1) is 0 Å². The van der Waals surface area contributed by atoms with Gasteiger partial charge in [0.25, 0.3) is 5.92 Å². The van der Waals surface area contributed by atoms with Crippen molar-refractivity contribution in [1.29, 1.82) is 0 Å². The van der Waals surface area contributed by atoms with Gasteiger partial charge in [-0.1, -0.05) is 43.2 Å². The Morgan fingerprint density at radius 2 is 1.72 bits per heavy atom. The fraction of sp³-hybridized carbons (Fsp3) is 0.636. The van der Waals surface area contributed by atoms with Gasteiger partial charge >= 0.3 is 12.0 Å². The third-order valence-corrected chi connectivity index (χ3v) is 6.48. The van der Waals surface area contributed by atoms with Crippen molar-refractivity contribution in [3.05, 3.63) is 35.9 Å². The minimum Gasteiger partial charge on any atom is -0.481 e. The first-order valence-electron chi connectivity index (χ1n) is 10.5. The Bertz CT molecular complexity index is 695. The van der Waals surface area contributed by atoms with E-state index < -0.39 is 30.7 Å². The maximum atomic E-state index is 14.4. The average molecular weight is 408 g/mol. The lowest BCUT2D eigenvalue weighted by molar-refractivity contribution is -0.145. The Labute approximate surface area is 170 Å². The molecule has 2 aliphatic rings. The molecule has 160 valence electrons. The van der Waals surface area contributed by atoms with Gasteiger partial charge in [-0.05, 0) is 36.7 Å². The molecule has 2 amide bonds. The molecule has 0 bridgehead atoms. The number of urea groups is 1. The first-order valence-corrected chi connectivity index (χ1v) is 10.5. The molecule has 1 saturated heterocycles. The smallest absolute Gasteiger partial charge is 0.317 e. The molecule has 1 aromatic carbocycles. The summed E-state index contributed by atoms with van der Waals surface area (Å²) < 4.78 is 28.8. The fourth-order valence-electron chi connectivity index (χ4n) is 4.71. The van der Waals surface area contributed by atoms with Gasteiger partial charge in [0.15, 0.2) is 0 Å². The number of carboxylic acids is 1. The van der Waals surface area contributed by atoms with Crippen LogP contribution in [0.25, 0.3) is 0 Å². The van der Waals surface area contributed by atoms with Crippen LogP contribution in [0.1, 0.15) is 50.5 Å². The van der Waals surface area contributed by atoms with Crippen LogP contribution in [0, 0.1) is 11.3 Å². The van der Waals surface area contributed by atoms with Crippen molar-refractivity contribution >= 4 is 12.0 Å². The lowest BCUT2D eigenvalue weighted by Crippen LogP contribution is -2.48. The highest BCUT2D eigenvalue weighted by atomic mass is 19.3. The quantitative estimate of drug-likeness (QED) is 0.706. The first kappa shape index (κ1) is 21.5. The normalized spacial score (nSPS) is 19.9. The Morgan fingerprint density at radius 3 is 2.31 bits per heavy atom. The number of benzene rings is 1. The van der Waals surface area contributed by atoms with Gasteiger partial charge in [0, 0.05) is 32.5 Å². The lowest BCUT2D eigenvalue weighted by atomic mass is 9.77. The van der Waals surface area contributed by atoms with Crippen molar-refractivity contribution in [3.8, 4) is 0 Å². The van der Waals surface area contributed by atoms with Crippen molar-refractivity contribution in [2.45, 2.75) is 57.3 Å². The summed E-state index contributed by atoms with van der Waals surface area (Å²) in [5.74, 6) is -5.81. The highest BCUT2D eigenvalue weighted by Gasteiger charge is 2.39. The number of carboxylic acid groups (broad SMARTS) is 1. The number of likely N-dealkylation sites (tertiary alicyclic amines) is 1. The number of piperidine rings is 1. The van der Waals surface area contributed by atoms with Crippen LogP contribution in [0.3, 0.4) is 0 Å². The number of nitrogens with zero attached hydrogens (tertiary/aromatic N) is 1. The van der Waals surface area contributed by atoms with E-state index in [0.717, 1.165) is 12.8 Å². The predicted molar refractivity (Wildman–Crippen MR) is 106 cm³/mol. The molecule has 2 fully saturated rings. The topological polar surface area (TPSA) is 69.6 Å². The standard InChI is InChI=1S/C22H30F2N2O3/c23-22(24,14-17-6-2-1-3-7-17)15-18(19(27)28)16-25-20(29)26-12-10-21(11-13-26)8-4-5-9-21/h1-3,6-7,18H,4-5,8-16H2,(H,25,29)(H,27,28)/t18-/m0/s1. The Hall–Kier alpha value is -2.18. The number of halogens is 2. The van der Waals surface area contributed by atoms with Gasteiger partial charge in [0.2, 0.25) is 0 Å². The second kappa shape index (κ2) is 9.09. The molecule has 0 radical (unpaired) electrons. The van der Waals surface area contributed by atoms with Crippen LogP contribution < -0.4 is 5.32 Å². The molecule has 1 heterocycles. The molecule has 0 unspecified atom stereocenters. The lowest BCUT2D eigenvalue weighted by Gasteiger charge is -2.39. The van der Waals surface area contributed by atoms with Crippen molar-refractivity contribution in [3.63, 3.8) is 0 Å². The van der Waals surface area contributed by atoms with E-state index in [1.54, 1.807) is 35.2 Å². The second-order valence-corrected chi connectivity index (χ2v) is 8.64. The minimum absolute atomic E-state index is 0.291. The molecule has 0 aromatic heterocycles. The van der Waals surface area contributed by atoms with E-state index in [1.807, 2.05) is 0 Å². The summed E-state index contributed by atoms with van der Waals surface area (Å²) in [4.78, 5) is 25.6. The fourth-order valence-corrected chi connectivity index (χ4v) is 4.71. The number of alkyl halides is 2. The number of carbonyl (C=O) groups is 2. The third-order valence-electron chi connectivity index (χ3n) is 6.48. The summed E-state index contributed by atoms with van der Waals surface area (Å²) in [5, 5.41) is 11.9. The first-order chi connectivity index (χ1) is 13.8. The maximum absolute atomic E-state index is 14.4. The average Bonchev–Trinajstić information content (AvgIpc) is 3.13. The van der Waals surface area contributed by atoms with Crippen LogP contribution in [-0.2, 0) is 11.2 Å². The van der Waals surface area contributed by atoms with E-state index >= 15 is 0 Å². The number of amides is 2. The molecule has 29 heavy (non-hydrogen) atoms. The second-order valence-electron chi connectivity index (χ2n) is 8.64. The molecular weight excluding hydrogens is 378 g/mol. The summed E-state index contributed by atoms with van der Waals surface area (Å²) in [6.45, 7) is 1.00. The number of carbonyl (C=O) groups excluding carboxylic acids is 1. The maximum Gasteiger partial charge on any atom is 0.317 e. The zero-order valence-corrected chi connectivity index (χ0v) is 16.7. The van der Waals surface area contributed by atoms with Crippen LogP contribution in [0.5, 0.6) is 0 Å². The van der Waals surface area contributed by atoms with Crippen molar-refractivity contribution < 1.29 is 23.5 Å². The minimum atomic E-state index is -3.16. The van der Waals surface area contributed by atoms with Gasteiger partial charge < -0.3 is 15.3 Å². The highest BCUT2D eigenvalue weighted by Crippen LogP contribution is 2.46. The summed E-state index contributed by atoms with van der Waals surface area (Å²) in [7, 11) is 0. The number of hydrogen-bond acceptors (Lipinski definition) is 2. The van der Waals surface area contributed by atoms with Gasteiger partial charge in [-0.2, -0.15) is 0 Å². The molecule has 1 aliphatic heterocycles. The number of nitrogens with one attached hydrogen (secondary N) is 1. The Kier molecular flexibility index (Phi) is 6.75. The summed E-state index contributed by atoms with van der Waals surface area (Å²) in [6.07, 6.45) is 5.57. The Morgan fingerprint density at radius 1 is 1.10 bits per heavy atom. The van der Waals surface area contributed by atoms with Crippen LogP contribution in [0.15, 0.2) is 30.3 Å². The zero-order chi connectivity index (χ0) is 20.9. The van der Waals surface area contributed by atoms with Crippen LogP contribution in [0.4, 0.5) is 13.6 Å². The number of rotatable bonds is 7. The van der Waals surface area contributed by atoms with Gasteiger partial charge in [-0.3, -0.25) is 4.79 Å². The molecule has 7 heteroatoms. The van der Waals surface area contributed by atoms with Crippen molar-refractivity contribution in [1.82, 2.24) is 10.2 Å². The third kappa shape index (κ3) is 5.90. The SMILES string of the molecule is O=C(O)[C@H](CNC(=O)N1CCC2(CCCC2)CC1)CC(F)(F)Cc1ccccc1. The van der Waals surface area contributed by atoms with E-state index in [-0.39, 0.29) is 12.6 Å². The molecule has 1 atom stereocenters. The molecule has 3 rings (SSSR count). The van der Waals surface area contributed by atoms with Crippen molar-refractivity contribution in [2.75, 3.05) is 19.6 Å². The van der Waals surface area contributed by atoms with Gasteiger partial charge in [-0.25, -0.2) is 13.6 Å². The summed E-state index contributed by atoms with van der Waals surface area (Å²) in [6, 6.07) is 7.93. The molecule has 5 nitrogen and oxygen atoms in total. The molecular formula is C22H30F2N2O3. The molecule has 1 aromatic rings. The van der Waals surface area contributed by atoms with E-state index in [2.05, 4.69) is 5.32 Å². The largest absolute Gasteiger partial charge is 0.481 e. The van der Waals surface area contributed by atoms with E-state index in [0.29, 0.717) is 24.1 Å². The Balaban J connectivity index is 1.48. The van der Waals surface area contributed by atoms with Crippen LogP contribution in [0.2, 0.25) is 0 Å². The monoisotopic (exact) mass is 408 g/mol. The van der Waals surface area contributed by atoms with Gasteiger partial charge in [0.1, 0.15) is 0 Å². The van der Waals surface area contributed by atoms with Crippen LogP contribution >= 0.6 is 0 Å². The molecule has 1 aliphatic carbocycles. The van der Waals surface area contributed by atoms with Crippen LogP contribution in [-0.4, -0.2) is 47.6 Å². The van der Waals surface area contributed by atoms with Gasteiger partial charge in [0.05, 0.1) is 5.92 Å². The number of hydrogen-bond donors (Lipinski definition) is 2. The summed E-state index contributed by atoms with van der Waals surface area (Å²) in [5.41, 5.74) is 0.833. The predicted octanol–water partition coefficient (Wildman–Crippen LogP) is 4.32. The number of aliphatic carboxylic acids is 1. The molecule has 1 spiro atoms. The van der Waals surface area contributed by atoms with E-state index in [4.69, 9.17) is 0 Å². The molecule has 2 N–H and O–H groups in total. The van der Waals surface area contributed by atoms with Crippen molar-refractivity contribution in [2.24, 2.45) is 11.3 Å². The summed E-state index contributed by atoms with van der Waals surface area (Å²) >= 11 is 0. The zero-order valence-electron chi connectivity index (χ0n) is 16.7. The van der Waals surface area contributed by atoms with E-state index in [9.17, 15) is 23.5 Å². The van der Waals surface area contributed by atoms with E-state index in [1.165, 1.54) is 25.7 Å². The molecule has 1 saturated carbocycles.